The number of nitrogens with zero attached hydrogens (tertiary/aromatic N) is 2. The Kier molecular flexibility index (Phi) is 6.00. The van der Waals surface area contributed by atoms with E-state index >= 15 is 0 Å². The van der Waals surface area contributed by atoms with E-state index in [0.717, 1.165) is 0 Å². The Morgan fingerprint density at radius 2 is 1.04 bits per heavy atom. The molecule has 2 atom stereocenters. The fourth-order valence-corrected chi connectivity index (χ4v) is 2.49. The summed E-state index contributed by atoms with van der Waals surface area (Å²) in [6, 6.07) is 21.5. The van der Waals surface area contributed by atoms with Crippen LogP contribution in [0.1, 0.15) is 35.8 Å². The van der Waals surface area contributed by atoms with Crippen molar-refractivity contribution >= 4 is 11.6 Å². The van der Waals surface area contributed by atoms with Crippen LogP contribution in [0.5, 0.6) is 0 Å². The average molecular weight is 316 g/mol. The van der Waals surface area contributed by atoms with Crippen molar-refractivity contribution in [2.24, 2.45) is 0 Å². The lowest BCUT2D eigenvalue weighted by molar-refractivity contribution is -0.124. The van der Waals surface area contributed by atoms with Gasteiger partial charge in [0.25, 0.3) is 0 Å². The number of nitriles is 2. The Bertz CT molecular complexity index is 716. The first-order valence-electron chi connectivity index (χ1n) is 7.62. The van der Waals surface area contributed by atoms with Crippen LogP contribution in [-0.4, -0.2) is 11.6 Å². The Balaban J connectivity index is 2.02. The van der Waals surface area contributed by atoms with Gasteiger partial charge in [0.05, 0.1) is 12.1 Å². The van der Waals surface area contributed by atoms with Gasteiger partial charge < -0.3 is 0 Å². The second-order valence-electron chi connectivity index (χ2n) is 5.38. The summed E-state index contributed by atoms with van der Waals surface area (Å²) in [7, 11) is 0. The van der Waals surface area contributed by atoms with Gasteiger partial charge in [0, 0.05) is 12.8 Å². The van der Waals surface area contributed by atoms with Crippen LogP contribution in [0.25, 0.3) is 0 Å². The van der Waals surface area contributed by atoms with E-state index in [1.165, 1.54) is 0 Å². The second kappa shape index (κ2) is 8.41. The molecule has 0 amide bonds. The Labute approximate surface area is 141 Å². The molecule has 0 heterocycles. The number of Topliss-reactive ketones (excluding diaryl/α,β-unsaturated/α-hetero) is 2. The lowest BCUT2D eigenvalue weighted by Gasteiger charge is -2.10. The first kappa shape index (κ1) is 17.1. The molecule has 4 heteroatoms. The van der Waals surface area contributed by atoms with Gasteiger partial charge in [0.1, 0.15) is 11.8 Å². The third-order valence-electron chi connectivity index (χ3n) is 3.79. The number of benzene rings is 2. The van der Waals surface area contributed by atoms with E-state index in [-0.39, 0.29) is 24.4 Å². The summed E-state index contributed by atoms with van der Waals surface area (Å²) in [6.07, 6.45) is -0.0893. The van der Waals surface area contributed by atoms with Gasteiger partial charge in [-0.15, -0.1) is 0 Å². The third-order valence-corrected chi connectivity index (χ3v) is 3.79. The fourth-order valence-electron chi connectivity index (χ4n) is 2.49. The van der Waals surface area contributed by atoms with Crippen LogP contribution in [0.15, 0.2) is 60.7 Å². The number of carbonyl (C=O) groups is 2. The van der Waals surface area contributed by atoms with Gasteiger partial charge in [-0.05, 0) is 11.1 Å². The largest absolute Gasteiger partial charge is 0.298 e. The summed E-state index contributed by atoms with van der Waals surface area (Å²) in [6.45, 7) is 0. The first-order valence-corrected chi connectivity index (χ1v) is 7.62. The number of ketones is 2. The number of rotatable bonds is 7. The highest BCUT2D eigenvalue weighted by molar-refractivity contribution is 5.94. The quantitative estimate of drug-likeness (QED) is 0.782. The fraction of sp³-hybridized carbons (Fsp3) is 0.200. The molecule has 0 fully saturated rings. The van der Waals surface area contributed by atoms with Crippen LogP contribution in [0.3, 0.4) is 0 Å². The van der Waals surface area contributed by atoms with E-state index in [2.05, 4.69) is 0 Å². The van der Waals surface area contributed by atoms with Crippen LogP contribution in [0, 0.1) is 22.7 Å². The number of carbonyl (C=O) groups excluding carboxylic acids is 2. The van der Waals surface area contributed by atoms with Crippen molar-refractivity contribution in [3.05, 3.63) is 71.8 Å². The summed E-state index contributed by atoms with van der Waals surface area (Å²) in [5, 5.41) is 18.5. The Morgan fingerprint density at radius 3 is 1.33 bits per heavy atom. The molecule has 0 aliphatic rings. The van der Waals surface area contributed by atoms with Crippen LogP contribution in [-0.2, 0) is 9.59 Å². The van der Waals surface area contributed by atoms with E-state index in [4.69, 9.17) is 0 Å². The van der Waals surface area contributed by atoms with Crippen LogP contribution in [0.4, 0.5) is 0 Å². The minimum Gasteiger partial charge on any atom is -0.298 e. The summed E-state index contributed by atoms with van der Waals surface area (Å²) in [4.78, 5) is 24.5. The van der Waals surface area contributed by atoms with Crippen molar-refractivity contribution in [3.63, 3.8) is 0 Å². The molecule has 0 saturated carbocycles. The summed E-state index contributed by atoms with van der Waals surface area (Å²) < 4.78 is 0. The SMILES string of the molecule is N#C[C@H](C(=O)CCC(=O)[C@@H](C#N)c1ccccc1)c1ccccc1. The zero-order chi connectivity index (χ0) is 17.4. The van der Waals surface area contributed by atoms with Crippen LogP contribution in [0.2, 0.25) is 0 Å². The Hall–Kier alpha value is -3.24. The summed E-state index contributed by atoms with van der Waals surface area (Å²) in [5.41, 5.74) is 1.25. The number of hydrogen-bond donors (Lipinski definition) is 0. The highest BCUT2D eigenvalue weighted by atomic mass is 16.1. The highest BCUT2D eigenvalue weighted by Gasteiger charge is 2.24. The van der Waals surface area contributed by atoms with Gasteiger partial charge in [-0.3, -0.25) is 9.59 Å². The van der Waals surface area contributed by atoms with Gasteiger partial charge >= 0.3 is 0 Å². The average Bonchev–Trinajstić information content (AvgIpc) is 2.63. The van der Waals surface area contributed by atoms with Gasteiger partial charge in [-0.25, -0.2) is 0 Å². The molecule has 0 unspecified atom stereocenters. The summed E-state index contributed by atoms with van der Waals surface area (Å²) >= 11 is 0. The molecule has 2 aromatic rings. The summed E-state index contributed by atoms with van der Waals surface area (Å²) in [5.74, 6) is -2.36. The number of hydrogen-bond acceptors (Lipinski definition) is 4. The van der Waals surface area contributed by atoms with Crippen LogP contribution < -0.4 is 0 Å². The monoisotopic (exact) mass is 316 g/mol. The molecule has 2 aromatic carbocycles. The molecule has 0 aliphatic carbocycles. The lowest BCUT2D eigenvalue weighted by atomic mass is 9.89. The minimum atomic E-state index is -0.878. The highest BCUT2D eigenvalue weighted by Crippen LogP contribution is 2.21. The Morgan fingerprint density at radius 1 is 0.708 bits per heavy atom. The minimum absolute atomic E-state index is 0.0447. The normalized spacial score (nSPS) is 12.4. The van der Waals surface area contributed by atoms with Gasteiger partial charge in [0.2, 0.25) is 0 Å². The molecule has 118 valence electrons. The zero-order valence-electron chi connectivity index (χ0n) is 13.1. The smallest absolute Gasteiger partial charge is 0.154 e. The van der Waals surface area contributed by atoms with E-state index in [1.807, 2.05) is 24.3 Å². The molecule has 0 saturated heterocycles. The van der Waals surface area contributed by atoms with E-state index in [1.54, 1.807) is 48.5 Å². The van der Waals surface area contributed by atoms with E-state index in [9.17, 15) is 20.1 Å². The molecular weight excluding hydrogens is 300 g/mol. The van der Waals surface area contributed by atoms with Crippen molar-refractivity contribution in [2.75, 3.05) is 0 Å². The molecule has 0 aromatic heterocycles. The van der Waals surface area contributed by atoms with Crippen molar-refractivity contribution in [1.82, 2.24) is 0 Å². The third kappa shape index (κ3) is 4.15. The molecule has 0 spiro atoms. The first-order chi connectivity index (χ1) is 11.7. The molecule has 0 aliphatic heterocycles. The molecular formula is C20H16N2O2. The molecule has 0 radical (unpaired) electrons. The predicted molar refractivity (Wildman–Crippen MR) is 88.8 cm³/mol. The molecule has 4 nitrogen and oxygen atoms in total. The maximum absolute atomic E-state index is 12.3. The van der Waals surface area contributed by atoms with E-state index < -0.39 is 11.8 Å². The molecule has 0 bridgehead atoms. The maximum atomic E-state index is 12.3. The van der Waals surface area contributed by atoms with Crippen molar-refractivity contribution in [1.29, 1.82) is 10.5 Å². The molecule has 24 heavy (non-hydrogen) atoms. The van der Waals surface area contributed by atoms with Crippen LogP contribution >= 0.6 is 0 Å². The van der Waals surface area contributed by atoms with Crippen molar-refractivity contribution in [2.45, 2.75) is 24.7 Å². The second-order valence-corrected chi connectivity index (χ2v) is 5.38. The predicted octanol–water partition coefficient (Wildman–Crippen LogP) is 3.52. The topological polar surface area (TPSA) is 81.7 Å². The van der Waals surface area contributed by atoms with Crippen molar-refractivity contribution in [3.8, 4) is 12.1 Å². The maximum Gasteiger partial charge on any atom is 0.154 e. The van der Waals surface area contributed by atoms with Gasteiger partial charge in [0.15, 0.2) is 11.6 Å². The standard InChI is InChI=1S/C20H16N2O2/c21-13-17(15-7-3-1-4-8-15)19(23)11-12-20(24)18(14-22)16-9-5-2-6-10-16/h1-10,17-18H,11-12H2/t17-,18-/m0/s1. The lowest BCUT2D eigenvalue weighted by Crippen LogP contribution is -2.16. The zero-order valence-corrected chi connectivity index (χ0v) is 13.1. The molecule has 2 rings (SSSR count). The van der Waals surface area contributed by atoms with E-state index in [0.29, 0.717) is 11.1 Å². The van der Waals surface area contributed by atoms with Gasteiger partial charge in [-0.2, -0.15) is 10.5 Å². The van der Waals surface area contributed by atoms with Crippen molar-refractivity contribution < 1.29 is 9.59 Å². The van der Waals surface area contributed by atoms with Gasteiger partial charge in [-0.1, -0.05) is 60.7 Å². The molecule has 0 N–H and O–H groups in total.